The molecule has 0 spiro atoms. The van der Waals surface area contributed by atoms with Gasteiger partial charge in [0.2, 0.25) is 0 Å². The van der Waals surface area contributed by atoms with E-state index in [0.29, 0.717) is 5.69 Å². The standard InChI is InChI=1S/C16H15F2NO2/c1-10-6-7-14(18)13(8-10)15(16(20)21-2)19-12-5-3-4-11(17)9-12/h3-9,15,19H,1-2H3. The SMILES string of the molecule is COC(=O)C(Nc1cccc(F)c1)c1cc(C)ccc1F. The number of esters is 1. The van der Waals surface area contributed by atoms with Gasteiger partial charge in [-0.25, -0.2) is 13.6 Å². The highest BCUT2D eigenvalue weighted by molar-refractivity contribution is 5.81. The number of ether oxygens (including phenoxy) is 1. The minimum Gasteiger partial charge on any atom is -0.467 e. The summed E-state index contributed by atoms with van der Waals surface area (Å²) in [6.45, 7) is 1.79. The van der Waals surface area contributed by atoms with E-state index in [2.05, 4.69) is 5.32 Å². The predicted molar refractivity (Wildman–Crippen MR) is 75.9 cm³/mol. The molecule has 0 amide bonds. The van der Waals surface area contributed by atoms with Crippen LogP contribution in [0.1, 0.15) is 17.2 Å². The van der Waals surface area contributed by atoms with E-state index < -0.39 is 23.6 Å². The highest BCUT2D eigenvalue weighted by atomic mass is 19.1. The molecule has 0 bridgehead atoms. The molecule has 3 nitrogen and oxygen atoms in total. The van der Waals surface area contributed by atoms with Crippen molar-refractivity contribution >= 4 is 11.7 Å². The minimum atomic E-state index is -1.04. The summed E-state index contributed by atoms with van der Waals surface area (Å²) >= 11 is 0. The number of nitrogens with one attached hydrogen (secondary N) is 1. The first kappa shape index (κ1) is 15.0. The summed E-state index contributed by atoms with van der Waals surface area (Å²) in [4.78, 5) is 11.9. The molecule has 0 aliphatic heterocycles. The lowest BCUT2D eigenvalue weighted by molar-refractivity contribution is -0.141. The van der Waals surface area contributed by atoms with Gasteiger partial charge in [0.05, 0.1) is 7.11 Å². The van der Waals surface area contributed by atoms with Crippen molar-refractivity contribution < 1.29 is 18.3 Å². The van der Waals surface area contributed by atoms with Crippen molar-refractivity contribution in [3.63, 3.8) is 0 Å². The van der Waals surface area contributed by atoms with E-state index in [4.69, 9.17) is 4.74 Å². The lowest BCUT2D eigenvalue weighted by Crippen LogP contribution is -2.23. The van der Waals surface area contributed by atoms with Crippen molar-refractivity contribution in [2.24, 2.45) is 0 Å². The summed E-state index contributed by atoms with van der Waals surface area (Å²) in [6.07, 6.45) is 0. The second-order valence-electron chi connectivity index (χ2n) is 4.64. The van der Waals surface area contributed by atoms with Crippen LogP contribution in [0.5, 0.6) is 0 Å². The van der Waals surface area contributed by atoms with E-state index in [1.165, 1.54) is 31.4 Å². The zero-order valence-corrected chi connectivity index (χ0v) is 11.7. The average Bonchev–Trinajstić information content (AvgIpc) is 2.47. The number of aryl methyl sites for hydroxylation is 1. The Balaban J connectivity index is 2.39. The van der Waals surface area contributed by atoms with E-state index in [0.717, 1.165) is 5.56 Å². The van der Waals surface area contributed by atoms with E-state index in [-0.39, 0.29) is 5.56 Å². The maximum atomic E-state index is 14.0. The molecule has 1 N–H and O–H groups in total. The summed E-state index contributed by atoms with van der Waals surface area (Å²) < 4.78 is 31.9. The molecular formula is C16H15F2NO2. The third-order valence-corrected chi connectivity index (χ3v) is 3.04. The van der Waals surface area contributed by atoms with Gasteiger partial charge in [0.25, 0.3) is 0 Å². The molecule has 2 rings (SSSR count). The number of halogens is 2. The molecule has 0 aromatic heterocycles. The molecule has 110 valence electrons. The van der Waals surface area contributed by atoms with Gasteiger partial charge in [0, 0.05) is 11.3 Å². The van der Waals surface area contributed by atoms with Gasteiger partial charge >= 0.3 is 5.97 Å². The molecule has 2 aromatic rings. The summed E-state index contributed by atoms with van der Waals surface area (Å²) in [5.41, 5.74) is 1.33. The Morgan fingerprint density at radius 3 is 2.62 bits per heavy atom. The molecule has 21 heavy (non-hydrogen) atoms. The molecule has 0 saturated carbocycles. The summed E-state index contributed by atoms with van der Waals surface area (Å²) in [5, 5.41) is 2.80. The van der Waals surface area contributed by atoms with Crippen LogP contribution in [-0.2, 0) is 9.53 Å². The van der Waals surface area contributed by atoms with E-state index in [9.17, 15) is 13.6 Å². The topological polar surface area (TPSA) is 38.3 Å². The Bertz CT molecular complexity index is 658. The van der Waals surface area contributed by atoms with Crippen LogP contribution in [0.25, 0.3) is 0 Å². The number of benzene rings is 2. The monoisotopic (exact) mass is 291 g/mol. The Labute approximate surface area is 121 Å². The average molecular weight is 291 g/mol. The van der Waals surface area contributed by atoms with Crippen molar-refractivity contribution in [3.05, 3.63) is 65.2 Å². The number of hydrogen-bond acceptors (Lipinski definition) is 3. The molecule has 0 aliphatic carbocycles. The molecule has 0 radical (unpaired) electrons. The van der Waals surface area contributed by atoms with Gasteiger partial charge in [0.1, 0.15) is 11.6 Å². The molecular weight excluding hydrogens is 276 g/mol. The van der Waals surface area contributed by atoms with Gasteiger partial charge < -0.3 is 10.1 Å². The molecule has 0 fully saturated rings. The number of rotatable bonds is 4. The molecule has 0 aliphatic rings. The van der Waals surface area contributed by atoms with Crippen LogP contribution >= 0.6 is 0 Å². The number of carbonyl (C=O) groups excluding carboxylic acids is 1. The van der Waals surface area contributed by atoms with E-state index in [1.807, 2.05) is 0 Å². The van der Waals surface area contributed by atoms with Crippen LogP contribution in [0.3, 0.4) is 0 Å². The van der Waals surface area contributed by atoms with E-state index in [1.54, 1.807) is 25.1 Å². The van der Waals surface area contributed by atoms with Crippen molar-refractivity contribution in [2.45, 2.75) is 13.0 Å². The smallest absolute Gasteiger partial charge is 0.333 e. The zero-order chi connectivity index (χ0) is 15.4. The van der Waals surface area contributed by atoms with Crippen LogP contribution in [0.15, 0.2) is 42.5 Å². The minimum absolute atomic E-state index is 0.158. The second kappa shape index (κ2) is 6.35. The van der Waals surface area contributed by atoms with Gasteiger partial charge in [-0.1, -0.05) is 23.8 Å². The van der Waals surface area contributed by atoms with E-state index >= 15 is 0 Å². The Morgan fingerprint density at radius 2 is 1.95 bits per heavy atom. The molecule has 0 saturated heterocycles. The first-order valence-corrected chi connectivity index (χ1v) is 6.37. The first-order chi connectivity index (χ1) is 10.0. The van der Waals surface area contributed by atoms with Gasteiger partial charge in [-0.3, -0.25) is 0 Å². The van der Waals surface area contributed by atoms with Crippen LogP contribution < -0.4 is 5.32 Å². The summed E-state index contributed by atoms with van der Waals surface area (Å²) in [7, 11) is 1.22. The molecule has 1 atom stereocenters. The Hall–Kier alpha value is -2.43. The first-order valence-electron chi connectivity index (χ1n) is 6.37. The van der Waals surface area contributed by atoms with Crippen molar-refractivity contribution in [1.29, 1.82) is 0 Å². The van der Waals surface area contributed by atoms with Crippen molar-refractivity contribution in [2.75, 3.05) is 12.4 Å². The summed E-state index contributed by atoms with van der Waals surface area (Å²) in [5.74, 6) is -1.63. The fraction of sp³-hybridized carbons (Fsp3) is 0.188. The van der Waals surface area contributed by atoms with Crippen LogP contribution in [0.4, 0.5) is 14.5 Å². The molecule has 5 heteroatoms. The third-order valence-electron chi connectivity index (χ3n) is 3.04. The van der Waals surface area contributed by atoms with Crippen molar-refractivity contribution in [1.82, 2.24) is 0 Å². The fourth-order valence-electron chi connectivity index (χ4n) is 2.01. The Kier molecular flexibility index (Phi) is 4.52. The second-order valence-corrected chi connectivity index (χ2v) is 4.64. The van der Waals surface area contributed by atoms with Crippen molar-refractivity contribution in [3.8, 4) is 0 Å². The molecule has 2 aromatic carbocycles. The highest BCUT2D eigenvalue weighted by Crippen LogP contribution is 2.24. The Morgan fingerprint density at radius 1 is 1.19 bits per heavy atom. The zero-order valence-electron chi connectivity index (χ0n) is 11.7. The third kappa shape index (κ3) is 3.56. The lowest BCUT2D eigenvalue weighted by Gasteiger charge is -2.19. The van der Waals surface area contributed by atoms with Crippen LogP contribution in [0.2, 0.25) is 0 Å². The van der Waals surface area contributed by atoms with Crippen LogP contribution in [0, 0.1) is 18.6 Å². The van der Waals surface area contributed by atoms with Crippen LogP contribution in [-0.4, -0.2) is 13.1 Å². The normalized spacial score (nSPS) is 11.8. The van der Waals surface area contributed by atoms with Gasteiger partial charge in [-0.15, -0.1) is 0 Å². The lowest BCUT2D eigenvalue weighted by atomic mass is 10.0. The number of methoxy groups -OCH3 is 1. The van der Waals surface area contributed by atoms with Gasteiger partial charge in [-0.2, -0.15) is 0 Å². The maximum absolute atomic E-state index is 14.0. The fourth-order valence-corrected chi connectivity index (χ4v) is 2.01. The number of anilines is 1. The quantitative estimate of drug-likeness (QED) is 0.875. The largest absolute Gasteiger partial charge is 0.467 e. The number of carbonyl (C=O) groups is 1. The number of hydrogen-bond donors (Lipinski definition) is 1. The highest BCUT2D eigenvalue weighted by Gasteiger charge is 2.24. The summed E-state index contributed by atoms with van der Waals surface area (Å²) in [6, 6.07) is 9.00. The molecule has 0 heterocycles. The molecule has 1 unspecified atom stereocenters. The maximum Gasteiger partial charge on any atom is 0.333 e. The van der Waals surface area contributed by atoms with Gasteiger partial charge in [0.15, 0.2) is 6.04 Å². The predicted octanol–water partition coefficient (Wildman–Crippen LogP) is 3.60. The van der Waals surface area contributed by atoms with Gasteiger partial charge in [-0.05, 0) is 31.2 Å².